The van der Waals surface area contributed by atoms with Crippen LogP contribution in [0.2, 0.25) is 0 Å². The van der Waals surface area contributed by atoms with Gasteiger partial charge < -0.3 is 9.53 Å². The summed E-state index contributed by atoms with van der Waals surface area (Å²) >= 11 is 0. The Morgan fingerprint density at radius 2 is 1.85 bits per heavy atom. The minimum atomic E-state index is -0.692. The number of ether oxygens (including phenoxy) is 1. The Kier molecular flexibility index (Phi) is 5.70. The van der Waals surface area contributed by atoms with Gasteiger partial charge in [0.2, 0.25) is 5.91 Å². The number of carbonyl (C=O) groups excluding carboxylic acids is 2. The number of hydrazine groups is 1. The van der Waals surface area contributed by atoms with E-state index in [9.17, 15) is 9.59 Å². The number of rotatable bonds is 7. The highest BCUT2D eigenvalue weighted by molar-refractivity contribution is 5.81. The van der Waals surface area contributed by atoms with Crippen LogP contribution in [0, 0.1) is 5.41 Å². The number of aryl methyl sites for hydroxylation is 1. The predicted molar refractivity (Wildman–Crippen MR) is 77.1 cm³/mol. The van der Waals surface area contributed by atoms with Crippen molar-refractivity contribution in [2.75, 3.05) is 6.61 Å². The van der Waals surface area contributed by atoms with Crippen molar-refractivity contribution in [1.82, 2.24) is 5.43 Å². The lowest BCUT2D eigenvalue weighted by atomic mass is 9.94. The van der Waals surface area contributed by atoms with Crippen molar-refractivity contribution in [2.45, 2.75) is 33.6 Å². The molecule has 1 rings (SSSR count). The van der Waals surface area contributed by atoms with Crippen LogP contribution in [-0.2, 0) is 16.0 Å². The summed E-state index contributed by atoms with van der Waals surface area (Å²) in [7, 11) is 0. The molecule has 110 valence electrons. The molecule has 1 aromatic rings. The maximum absolute atomic E-state index is 11.5. The van der Waals surface area contributed by atoms with Crippen molar-refractivity contribution in [3.63, 3.8) is 0 Å². The quantitative estimate of drug-likeness (QED) is 0.451. The second kappa shape index (κ2) is 7.05. The van der Waals surface area contributed by atoms with Gasteiger partial charge in [-0.1, -0.05) is 12.1 Å². The average Bonchev–Trinajstić information content (AvgIpc) is 2.43. The van der Waals surface area contributed by atoms with E-state index in [0.29, 0.717) is 12.2 Å². The van der Waals surface area contributed by atoms with E-state index >= 15 is 0 Å². The highest BCUT2D eigenvalue weighted by Crippen LogP contribution is 2.19. The summed E-state index contributed by atoms with van der Waals surface area (Å²) < 4.78 is 5.59. The van der Waals surface area contributed by atoms with E-state index in [1.54, 1.807) is 20.8 Å². The molecule has 20 heavy (non-hydrogen) atoms. The summed E-state index contributed by atoms with van der Waals surface area (Å²) in [5.74, 6) is 5.72. The third-order valence-electron chi connectivity index (χ3n) is 3.03. The zero-order chi connectivity index (χ0) is 15.2. The maximum Gasteiger partial charge on any atom is 0.242 e. The molecule has 0 spiro atoms. The Labute approximate surface area is 119 Å². The molecule has 0 heterocycles. The van der Waals surface area contributed by atoms with Gasteiger partial charge in [-0.3, -0.25) is 10.2 Å². The Bertz CT molecular complexity index is 467. The number of carbonyl (C=O) groups is 2. The smallest absolute Gasteiger partial charge is 0.242 e. The molecule has 0 aliphatic heterocycles. The number of Topliss-reactive ketones (excluding diaryl/α,β-unsaturated/α-hetero) is 1. The summed E-state index contributed by atoms with van der Waals surface area (Å²) in [4.78, 5) is 22.4. The fourth-order valence-corrected chi connectivity index (χ4v) is 1.60. The fraction of sp³-hybridized carbons (Fsp3) is 0.467. The van der Waals surface area contributed by atoms with Crippen LogP contribution in [0.15, 0.2) is 24.3 Å². The maximum atomic E-state index is 11.5. The second-order valence-electron chi connectivity index (χ2n) is 5.49. The van der Waals surface area contributed by atoms with Gasteiger partial charge in [0.15, 0.2) is 0 Å². The van der Waals surface area contributed by atoms with Gasteiger partial charge in [-0.25, -0.2) is 5.84 Å². The molecule has 5 nitrogen and oxygen atoms in total. The van der Waals surface area contributed by atoms with Gasteiger partial charge in [0, 0.05) is 6.42 Å². The monoisotopic (exact) mass is 278 g/mol. The van der Waals surface area contributed by atoms with E-state index in [0.717, 1.165) is 12.0 Å². The largest absolute Gasteiger partial charge is 0.492 e. The molecule has 0 saturated heterocycles. The van der Waals surface area contributed by atoms with E-state index in [2.05, 4.69) is 5.43 Å². The molecule has 0 aliphatic rings. The lowest BCUT2D eigenvalue weighted by molar-refractivity contribution is -0.130. The summed E-state index contributed by atoms with van der Waals surface area (Å²) in [5.41, 5.74) is 2.52. The molecular weight excluding hydrogens is 256 g/mol. The normalized spacial score (nSPS) is 11.0. The standard InChI is InChI=1S/C15H22N2O3/c1-11(18)4-5-12-6-8-13(9-7-12)20-10-15(2,3)14(19)17-16/h6-9H,4-5,10,16H2,1-3H3,(H,17,19). The third-order valence-corrected chi connectivity index (χ3v) is 3.03. The third kappa shape index (κ3) is 5.01. The number of nitrogens with one attached hydrogen (secondary N) is 1. The first-order chi connectivity index (χ1) is 9.35. The number of ketones is 1. The van der Waals surface area contributed by atoms with Gasteiger partial charge in [0.1, 0.15) is 18.1 Å². The first-order valence-electron chi connectivity index (χ1n) is 6.57. The van der Waals surface area contributed by atoms with Crippen LogP contribution in [0.5, 0.6) is 5.75 Å². The van der Waals surface area contributed by atoms with Gasteiger partial charge in [0.05, 0.1) is 5.41 Å². The molecule has 0 fully saturated rings. The van der Waals surface area contributed by atoms with E-state index in [1.165, 1.54) is 0 Å². The van der Waals surface area contributed by atoms with Crippen LogP contribution in [0.4, 0.5) is 0 Å². The van der Waals surface area contributed by atoms with Gasteiger partial charge in [-0.05, 0) is 44.9 Å². The molecule has 0 radical (unpaired) electrons. The molecule has 5 heteroatoms. The molecule has 0 saturated carbocycles. The Hall–Kier alpha value is -1.88. The Balaban J connectivity index is 2.53. The summed E-state index contributed by atoms with van der Waals surface area (Å²) in [6.45, 7) is 5.34. The highest BCUT2D eigenvalue weighted by Gasteiger charge is 2.27. The van der Waals surface area contributed by atoms with Crippen LogP contribution < -0.4 is 16.0 Å². The minimum Gasteiger partial charge on any atom is -0.492 e. The number of nitrogens with two attached hydrogens (primary N) is 1. The average molecular weight is 278 g/mol. The van der Waals surface area contributed by atoms with Gasteiger partial charge in [0.25, 0.3) is 0 Å². The van der Waals surface area contributed by atoms with E-state index < -0.39 is 5.41 Å². The fourth-order valence-electron chi connectivity index (χ4n) is 1.60. The van der Waals surface area contributed by atoms with Gasteiger partial charge in [-0.2, -0.15) is 0 Å². The van der Waals surface area contributed by atoms with Crippen LogP contribution in [0.25, 0.3) is 0 Å². The first-order valence-corrected chi connectivity index (χ1v) is 6.57. The van der Waals surface area contributed by atoms with Crippen molar-refractivity contribution in [3.05, 3.63) is 29.8 Å². The van der Waals surface area contributed by atoms with Crippen molar-refractivity contribution < 1.29 is 14.3 Å². The second-order valence-corrected chi connectivity index (χ2v) is 5.49. The molecule has 0 bridgehead atoms. The molecule has 0 aromatic heterocycles. The lowest BCUT2D eigenvalue weighted by Crippen LogP contribution is -2.44. The van der Waals surface area contributed by atoms with E-state index in [4.69, 9.17) is 10.6 Å². The Morgan fingerprint density at radius 3 is 2.35 bits per heavy atom. The summed E-state index contributed by atoms with van der Waals surface area (Å²) in [6, 6.07) is 7.53. The lowest BCUT2D eigenvalue weighted by Gasteiger charge is -2.22. The van der Waals surface area contributed by atoms with Crippen LogP contribution in [0.1, 0.15) is 32.8 Å². The van der Waals surface area contributed by atoms with Gasteiger partial charge in [-0.15, -0.1) is 0 Å². The zero-order valence-corrected chi connectivity index (χ0v) is 12.2. The number of hydrogen-bond acceptors (Lipinski definition) is 4. The predicted octanol–water partition coefficient (Wildman–Crippen LogP) is 1.60. The van der Waals surface area contributed by atoms with Crippen LogP contribution in [-0.4, -0.2) is 18.3 Å². The molecular formula is C15H22N2O3. The van der Waals surface area contributed by atoms with Crippen LogP contribution >= 0.6 is 0 Å². The first kappa shape index (κ1) is 16.2. The van der Waals surface area contributed by atoms with Gasteiger partial charge >= 0.3 is 0 Å². The molecule has 3 N–H and O–H groups in total. The minimum absolute atomic E-state index is 0.180. The number of benzene rings is 1. The number of hydrogen-bond donors (Lipinski definition) is 2. The summed E-state index contributed by atoms with van der Waals surface area (Å²) in [5, 5.41) is 0. The van der Waals surface area contributed by atoms with Crippen molar-refractivity contribution in [2.24, 2.45) is 11.3 Å². The van der Waals surface area contributed by atoms with E-state index in [1.807, 2.05) is 24.3 Å². The summed E-state index contributed by atoms with van der Waals surface area (Å²) in [6.07, 6.45) is 1.28. The Morgan fingerprint density at radius 1 is 1.25 bits per heavy atom. The molecule has 0 atom stereocenters. The molecule has 0 unspecified atom stereocenters. The SMILES string of the molecule is CC(=O)CCc1ccc(OCC(C)(C)C(=O)NN)cc1. The molecule has 0 aliphatic carbocycles. The molecule has 1 amide bonds. The van der Waals surface area contributed by atoms with Crippen molar-refractivity contribution in [3.8, 4) is 5.75 Å². The number of amides is 1. The van der Waals surface area contributed by atoms with E-state index in [-0.39, 0.29) is 18.3 Å². The van der Waals surface area contributed by atoms with Crippen molar-refractivity contribution >= 4 is 11.7 Å². The highest BCUT2D eigenvalue weighted by atomic mass is 16.5. The van der Waals surface area contributed by atoms with Crippen LogP contribution in [0.3, 0.4) is 0 Å². The van der Waals surface area contributed by atoms with Crippen molar-refractivity contribution in [1.29, 1.82) is 0 Å². The zero-order valence-electron chi connectivity index (χ0n) is 12.2. The topological polar surface area (TPSA) is 81.4 Å². The molecule has 1 aromatic carbocycles.